The second-order valence-electron chi connectivity index (χ2n) is 5.32. The number of anilines is 2. The van der Waals surface area contributed by atoms with Crippen LogP contribution in [0.3, 0.4) is 0 Å². The van der Waals surface area contributed by atoms with Crippen molar-refractivity contribution >= 4 is 51.9 Å². The van der Waals surface area contributed by atoms with E-state index in [0.717, 1.165) is 35.6 Å². The molecule has 0 saturated carbocycles. The summed E-state index contributed by atoms with van der Waals surface area (Å²) in [5.41, 5.74) is 3.54. The molecule has 24 heavy (non-hydrogen) atoms. The maximum Gasteiger partial charge on any atom is 0.0845 e. The summed E-state index contributed by atoms with van der Waals surface area (Å²) < 4.78 is 0. The van der Waals surface area contributed by atoms with Crippen LogP contribution < -0.4 is 10.3 Å². The number of hydrazone groups is 1. The van der Waals surface area contributed by atoms with Crippen LogP contribution in [-0.4, -0.2) is 19.3 Å². The Balaban J connectivity index is 2.47. The zero-order valence-electron chi connectivity index (χ0n) is 13.9. The molecule has 0 spiro atoms. The van der Waals surface area contributed by atoms with Crippen molar-refractivity contribution in [3.8, 4) is 0 Å². The minimum Gasteiger partial charge on any atom is -0.388 e. The predicted octanol–water partition coefficient (Wildman–Crippen LogP) is 6.33. The number of hydrogen-bond donors (Lipinski definition) is 1. The molecule has 6 heteroatoms. The van der Waals surface area contributed by atoms with E-state index in [9.17, 15) is 0 Å². The van der Waals surface area contributed by atoms with E-state index in [4.69, 9.17) is 39.9 Å². The van der Waals surface area contributed by atoms with Crippen LogP contribution in [0, 0.1) is 0 Å². The second kappa shape index (κ2) is 8.61. The molecule has 3 nitrogen and oxygen atoms in total. The van der Waals surface area contributed by atoms with Crippen molar-refractivity contribution in [3.63, 3.8) is 0 Å². The molecule has 128 valence electrons. The molecule has 2 rings (SSSR count). The van der Waals surface area contributed by atoms with Crippen molar-refractivity contribution in [3.05, 3.63) is 57.0 Å². The Morgan fingerprint density at radius 2 is 1.92 bits per heavy atom. The van der Waals surface area contributed by atoms with Gasteiger partial charge in [-0.05, 0) is 43.7 Å². The fraction of sp³-hybridized carbons (Fsp3) is 0.278. The highest BCUT2D eigenvalue weighted by Crippen LogP contribution is 2.33. The Morgan fingerprint density at radius 3 is 2.58 bits per heavy atom. The first-order valence-electron chi connectivity index (χ1n) is 7.72. The van der Waals surface area contributed by atoms with E-state index < -0.39 is 0 Å². The molecule has 0 atom stereocenters. The summed E-state index contributed by atoms with van der Waals surface area (Å²) in [5, 5.41) is 11.5. The SMILES string of the molecule is CCCN(/N=C(\C)c1cc(Cl)ccc1NC)c1cccc(Cl)c1Cl. The van der Waals surface area contributed by atoms with Crippen LogP contribution >= 0.6 is 34.8 Å². The molecule has 0 fully saturated rings. The first-order chi connectivity index (χ1) is 11.5. The molecule has 0 aliphatic rings. The third-order valence-corrected chi connectivity index (χ3v) is 4.60. The van der Waals surface area contributed by atoms with E-state index in [-0.39, 0.29) is 0 Å². The Bertz CT molecular complexity index is 744. The Kier molecular flexibility index (Phi) is 6.79. The molecule has 0 heterocycles. The van der Waals surface area contributed by atoms with Gasteiger partial charge in [-0.1, -0.05) is 47.8 Å². The van der Waals surface area contributed by atoms with Crippen molar-refractivity contribution in [1.29, 1.82) is 0 Å². The molecular weight excluding hydrogens is 365 g/mol. The monoisotopic (exact) mass is 383 g/mol. The third kappa shape index (κ3) is 4.35. The summed E-state index contributed by atoms with van der Waals surface area (Å²) in [4.78, 5) is 0. The predicted molar refractivity (Wildman–Crippen MR) is 107 cm³/mol. The number of benzene rings is 2. The first kappa shape index (κ1) is 18.9. The smallest absolute Gasteiger partial charge is 0.0845 e. The number of rotatable bonds is 6. The van der Waals surface area contributed by atoms with Gasteiger partial charge >= 0.3 is 0 Å². The summed E-state index contributed by atoms with van der Waals surface area (Å²) in [7, 11) is 1.87. The molecule has 0 aliphatic carbocycles. The fourth-order valence-corrected chi connectivity index (χ4v) is 2.96. The minimum absolute atomic E-state index is 0.504. The molecular formula is C18H20Cl3N3. The third-order valence-electron chi connectivity index (χ3n) is 3.56. The fourth-order valence-electron chi connectivity index (χ4n) is 2.40. The molecule has 0 aliphatic heterocycles. The topological polar surface area (TPSA) is 27.6 Å². The van der Waals surface area contributed by atoms with Gasteiger partial charge in [0, 0.05) is 29.9 Å². The number of hydrogen-bond acceptors (Lipinski definition) is 3. The van der Waals surface area contributed by atoms with Crippen LogP contribution in [0.25, 0.3) is 0 Å². The van der Waals surface area contributed by atoms with E-state index in [1.54, 1.807) is 6.07 Å². The average molecular weight is 385 g/mol. The van der Waals surface area contributed by atoms with Crippen LogP contribution in [0.15, 0.2) is 41.5 Å². The van der Waals surface area contributed by atoms with Gasteiger partial charge in [-0.2, -0.15) is 5.10 Å². The highest BCUT2D eigenvalue weighted by Gasteiger charge is 2.13. The van der Waals surface area contributed by atoms with E-state index in [0.29, 0.717) is 15.1 Å². The lowest BCUT2D eigenvalue weighted by molar-refractivity contribution is 0.806. The van der Waals surface area contributed by atoms with Crippen molar-refractivity contribution in [2.45, 2.75) is 20.3 Å². The lowest BCUT2D eigenvalue weighted by atomic mass is 10.1. The van der Waals surface area contributed by atoms with Crippen LogP contribution in [0.4, 0.5) is 11.4 Å². The summed E-state index contributed by atoms with van der Waals surface area (Å²) in [5.74, 6) is 0. The average Bonchev–Trinajstić information content (AvgIpc) is 2.57. The zero-order valence-corrected chi connectivity index (χ0v) is 16.2. The van der Waals surface area contributed by atoms with Gasteiger partial charge in [-0.25, -0.2) is 0 Å². The van der Waals surface area contributed by atoms with Crippen molar-refractivity contribution in [1.82, 2.24) is 0 Å². The van der Waals surface area contributed by atoms with Crippen LogP contribution in [0.5, 0.6) is 0 Å². The molecule has 2 aromatic rings. The number of nitrogens with zero attached hydrogens (tertiary/aromatic N) is 2. The van der Waals surface area contributed by atoms with Gasteiger partial charge in [-0.3, -0.25) is 5.01 Å². The molecule has 0 bridgehead atoms. The van der Waals surface area contributed by atoms with Gasteiger partial charge in [0.15, 0.2) is 0 Å². The largest absolute Gasteiger partial charge is 0.388 e. The quantitative estimate of drug-likeness (QED) is 0.465. The maximum absolute atomic E-state index is 6.36. The van der Waals surface area contributed by atoms with Gasteiger partial charge in [0.1, 0.15) is 0 Å². The molecule has 0 radical (unpaired) electrons. The van der Waals surface area contributed by atoms with E-state index >= 15 is 0 Å². The van der Waals surface area contributed by atoms with Crippen molar-refractivity contribution in [2.75, 3.05) is 23.9 Å². The highest BCUT2D eigenvalue weighted by molar-refractivity contribution is 6.43. The first-order valence-corrected chi connectivity index (χ1v) is 8.85. The molecule has 0 unspecified atom stereocenters. The van der Waals surface area contributed by atoms with Gasteiger partial charge in [0.2, 0.25) is 0 Å². The normalized spacial score (nSPS) is 11.5. The van der Waals surface area contributed by atoms with Gasteiger partial charge < -0.3 is 5.32 Å². The minimum atomic E-state index is 0.504. The summed E-state index contributed by atoms with van der Waals surface area (Å²) in [6.45, 7) is 4.77. The Morgan fingerprint density at radius 1 is 1.17 bits per heavy atom. The molecule has 0 aromatic heterocycles. The summed E-state index contributed by atoms with van der Waals surface area (Å²) >= 11 is 18.6. The van der Waals surface area contributed by atoms with Crippen LogP contribution in [-0.2, 0) is 0 Å². The zero-order chi connectivity index (χ0) is 17.7. The van der Waals surface area contributed by atoms with Crippen molar-refractivity contribution < 1.29 is 0 Å². The lowest BCUT2D eigenvalue weighted by Gasteiger charge is -2.22. The van der Waals surface area contributed by atoms with E-state index in [1.807, 2.05) is 49.3 Å². The number of nitrogens with one attached hydrogen (secondary N) is 1. The lowest BCUT2D eigenvalue weighted by Crippen LogP contribution is -2.20. The highest BCUT2D eigenvalue weighted by atomic mass is 35.5. The standard InChI is InChI=1S/C18H20Cl3N3/c1-4-10-24(17-7-5-6-15(20)18(17)21)23-12(2)14-11-13(19)8-9-16(14)22-3/h5-9,11,22H,4,10H2,1-3H3/b23-12+. The van der Waals surface area contributed by atoms with E-state index in [1.165, 1.54) is 0 Å². The number of halogens is 3. The summed E-state index contributed by atoms with van der Waals surface area (Å²) in [6, 6.07) is 11.2. The Labute approximate surface area is 158 Å². The molecule has 2 aromatic carbocycles. The van der Waals surface area contributed by atoms with Crippen molar-refractivity contribution in [2.24, 2.45) is 5.10 Å². The van der Waals surface area contributed by atoms with Gasteiger partial charge in [0.05, 0.1) is 21.4 Å². The van der Waals surface area contributed by atoms with E-state index in [2.05, 4.69) is 12.2 Å². The Hall–Kier alpha value is -1.42. The summed E-state index contributed by atoms with van der Waals surface area (Å²) in [6.07, 6.45) is 0.925. The molecule has 1 N–H and O–H groups in total. The second-order valence-corrected chi connectivity index (χ2v) is 6.54. The van der Waals surface area contributed by atoms with Gasteiger partial charge in [0.25, 0.3) is 0 Å². The molecule has 0 saturated heterocycles. The van der Waals surface area contributed by atoms with Crippen LogP contribution in [0.2, 0.25) is 15.1 Å². The van der Waals surface area contributed by atoms with Gasteiger partial charge in [-0.15, -0.1) is 0 Å². The maximum atomic E-state index is 6.36. The molecule has 0 amide bonds. The van der Waals surface area contributed by atoms with Crippen LogP contribution in [0.1, 0.15) is 25.8 Å².